The Balaban J connectivity index is 4.31. The van der Waals surface area contributed by atoms with Crippen molar-refractivity contribution < 1.29 is 9.90 Å². The van der Waals surface area contributed by atoms with Gasteiger partial charge in [-0.1, -0.05) is 0 Å². The Morgan fingerprint density at radius 1 is 1.20 bits per heavy atom. The molecule has 0 atom stereocenters. The normalized spacial score (nSPS) is 11.5. The Hall–Kier alpha value is -0.100. The van der Waals surface area contributed by atoms with Crippen LogP contribution in [0.4, 0.5) is 4.79 Å². The van der Waals surface area contributed by atoms with Gasteiger partial charge in [0.25, 0.3) is 0 Å². The van der Waals surface area contributed by atoms with Gasteiger partial charge in [-0.15, -0.1) is 0 Å². The first-order chi connectivity index (χ1) is 4.63. The number of hydrogen-bond donors (Lipinski definition) is 1. The average Bonchev–Trinajstić information content (AvgIpc) is 1.92. The molecule has 0 aromatic heterocycles. The van der Waals surface area contributed by atoms with E-state index in [-0.39, 0.29) is 0 Å². The van der Waals surface area contributed by atoms with Gasteiger partial charge in [-0.3, -0.25) is 0 Å². The van der Waals surface area contributed by atoms with Crippen molar-refractivity contribution in [3.05, 3.63) is 0 Å². The molecule has 0 bridgehead atoms. The zero-order valence-electron chi connectivity index (χ0n) is 6.92. The molecule has 0 saturated heterocycles. The van der Waals surface area contributed by atoms with Crippen LogP contribution in [0.15, 0.2) is 0 Å². The minimum atomic E-state index is -1.59. The molecular formula is C7H16O2P+. The van der Waals surface area contributed by atoms with Crippen molar-refractivity contribution in [1.29, 1.82) is 0 Å². The highest BCUT2D eigenvalue weighted by Gasteiger charge is 2.40. The predicted octanol–water partition coefficient (Wildman–Crippen LogP) is 2.74. The van der Waals surface area contributed by atoms with Crippen LogP contribution in [-0.4, -0.2) is 29.3 Å². The van der Waals surface area contributed by atoms with Gasteiger partial charge in [0, 0.05) is 0 Å². The van der Waals surface area contributed by atoms with Crippen LogP contribution in [-0.2, 0) is 0 Å². The molecular weight excluding hydrogens is 147 g/mol. The van der Waals surface area contributed by atoms with E-state index in [1.807, 2.05) is 20.8 Å². The zero-order valence-corrected chi connectivity index (χ0v) is 7.82. The van der Waals surface area contributed by atoms with Crippen molar-refractivity contribution in [1.82, 2.24) is 0 Å². The molecule has 2 nitrogen and oxygen atoms in total. The van der Waals surface area contributed by atoms with Gasteiger partial charge < -0.3 is 5.11 Å². The van der Waals surface area contributed by atoms with E-state index in [0.29, 0.717) is 0 Å². The van der Waals surface area contributed by atoms with E-state index < -0.39 is 13.0 Å². The third-order valence-corrected chi connectivity index (χ3v) is 6.67. The van der Waals surface area contributed by atoms with E-state index in [2.05, 4.69) is 0 Å². The molecule has 0 amide bonds. The van der Waals surface area contributed by atoms with Crippen LogP contribution in [0.5, 0.6) is 0 Å². The molecule has 0 unspecified atom stereocenters. The van der Waals surface area contributed by atoms with Gasteiger partial charge in [0.05, 0.1) is 18.5 Å². The van der Waals surface area contributed by atoms with E-state index >= 15 is 0 Å². The van der Waals surface area contributed by atoms with Crippen LogP contribution in [0.3, 0.4) is 0 Å². The van der Waals surface area contributed by atoms with Crippen LogP contribution in [0.25, 0.3) is 0 Å². The second-order valence-corrected chi connectivity index (χ2v) is 6.95. The zero-order chi connectivity index (χ0) is 8.20. The molecule has 0 heterocycles. The maximum atomic E-state index is 10.8. The van der Waals surface area contributed by atoms with Gasteiger partial charge in [0.1, 0.15) is 7.26 Å². The van der Waals surface area contributed by atoms with Crippen LogP contribution >= 0.6 is 7.26 Å². The summed E-state index contributed by atoms with van der Waals surface area (Å²) in [6, 6.07) is 0. The van der Waals surface area contributed by atoms with Gasteiger partial charge in [-0.25, -0.2) is 4.79 Å². The van der Waals surface area contributed by atoms with Crippen molar-refractivity contribution in [2.24, 2.45) is 0 Å². The fraction of sp³-hybridized carbons (Fsp3) is 0.857. The molecule has 0 aliphatic rings. The van der Waals surface area contributed by atoms with E-state index in [1.54, 1.807) is 0 Å². The highest BCUT2D eigenvalue weighted by atomic mass is 31.2. The molecule has 0 aliphatic heterocycles. The number of carboxylic acid groups (broad SMARTS) is 1. The molecule has 0 aliphatic carbocycles. The number of carbonyl (C=O) groups is 1. The lowest BCUT2D eigenvalue weighted by Gasteiger charge is -2.15. The Bertz CT molecular complexity index is 111. The second-order valence-electron chi connectivity index (χ2n) is 2.38. The van der Waals surface area contributed by atoms with Crippen LogP contribution in [0.1, 0.15) is 20.8 Å². The van der Waals surface area contributed by atoms with Crippen molar-refractivity contribution in [2.75, 3.05) is 18.5 Å². The fourth-order valence-electron chi connectivity index (χ4n) is 1.08. The Labute approximate surface area is 63.0 Å². The van der Waals surface area contributed by atoms with Gasteiger partial charge in [0.2, 0.25) is 0 Å². The van der Waals surface area contributed by atoms with E-state index in [4.69, 9.17) is 5.11 Å². The summed E-state index contributed by atoms with van der Waals surface area (Å²) in [6.45, 7) is 5.94. The molecule has 60 valence electrons. The smallest absolute Gasteiger partial charge is 0.448 e. The maximum absolute atomic E-state index is 10.8. The summed E-state index contributed by atoms with van der Waals surface area (Å²) < 4.78 is 0. The Kier molecular flexibility index (Phi) is 3.88. The standard InChI is InChI=1S/C7H15O2P/c1-4-10(5-2,6-3)7(8)9/h4-6H2,1-3H3/p+1. The number of rotatable bonds is 4. The molecule has 0 aromatic rings. The summed E-state index contributed by atoms with van der Waals surface area (Å²) in [5.74, 6) is 0. The molecule has 1 N–H and O–H groups in total. The first-order valence-corrected chi connectivity index (χ1v) is 6.07. The molecule has 0 aromatic carbocycles. The highest BCUT2D eigenvalue weighted by molar-refractivity contribution is 7.90. The lowest BCUT2D eigenvalue weighted by Crippen LogP contribution is -2.11. The second kappa shape index (κ2) is 3.92. The molecule has 3 heteroatoms. The minimum absolute atomic E-state index is 0.542. The minimum Gasteiger partial charge on any atom is -0.452 e. The van der Waals surface area contributed by atoms with E-state index in [1.165, 1.54) is 0 Å². The summed E-state index contributed by atoms with van der Waals surface area (Å²) in [5, 5.41) is 8.87. The van der Waals surface area contributed by atoms with Crippen molar-refractivity contribution in [2.45, 2.75) is 20.8 Å². The highest BCUT2D eigenvalue weighted by Crippen LogP contribution is 2.58. The lowest BCUT2D eigenvalue weighted by atomic mass is 10.9. The van der Waals surface area contributed by atoms with Crippen LogP contribution < -0.4 is 0 Å². The van der Waals surface area contributed by atoms with Gasteiger partial charge in [-0.05, 0) is 20.8 Å². The molecule has 0 fully saturated rings. The van der Waals surface area contributed by atoms with Crippen LogP contribution in [0.2, 0.25) is 0 Å². The molecule has 10 heavy (non-hydrogen) atoms. The third-order valence-electron chi connectivity index (χ3n) is 2.22. The van der Waals surface area contributed by atoms with Crippen LogP contribution in [0, 0.1) is 0 Å². The van der Waals surface area contributed by atoms with Crippen molar-refractivity contribution in [3.8, 4) is 0 Å². The molecule has 0 radical (unpaired) electrons. The predicted molar refractivity (Wildman–Crippen MR) is 46.6 cm³/mol. The Morgan fingerprint density at radius 3 is 1.50 bits per heavy atom. The largest absolute Gasteiger partial charge is 0.452 e. The van der Waals surface area contributed by atoms with Gasteiger partial charge >= 0.3 is 5.71 Å². The topological polar surface area (TPSA) is 37.3 Å². The first-order valence-electron chi connectivity index (χ1n) is 3.72. The van der Waals surface area contributed by atoms with Gasteiger partial charge in [0.15, 0.2) is 0 Å². The van der Waals surface area contributed by atoms with E-state index in [9.17, 15) is 4.79 Å². The summed E-state index contributed by atoms with van der Waals surface area (Å²) in [4.78, 5) is 10.8. The Morgan fingerprint density at radius 2 is 1.50 bits per heavy atom. The first kappa shape index (κ1) is 9.90. The summed E-state index contributed by atoms with van der Waals surface area (Å²) >= 11 is 0. The SMILES string of the molecule is CC[P+](CC)(CC)C(=O)O. The maximum Gasteiger partial charge on any atom is 0.448 e. The average molecular weight is 163 g/mol. The third kappa shape index (κ3) is 1.69. The fourth-order valence-corrected chi connectivity index (χ4v) is 3.23. The summed E-state index contributed by atoms with van der Waals surface area (Å²) in [5.41, 5.74) is -0.542. The molecule has 0 rings (SSSR count). The van der Waals surface area contributed by atoms with Crippen molar-refractivity contribution in [3.63, 3.8) is 0 Å². The van der Waals surface area contributed by atoms with Crippen molar-refractivity contribution >= 4 is 13.0 Å². The number of hydrogen-bond acceptors (Lipinski definition) is 1. The quantitative estimate of drug-likeness (QED) is 0.647. The monoisotopic (exact) mass is 163 g/mol. The summed E-state index contributed by atoms with van der Waals surface area (Å²) in [6.07, 6.45) is 2.53. The molecule has 0 saturated carbocycles. The van der Waals surface area contributed by atoms with E-state index in [0.717, 1.165) is 18.5 Å². The lowest BCUT2D eigenvalue weighted by molar-refractivity contribution is 0.220. The van der Waals surface area contributed by atoms with Gasteiger partial charge in [-0.2, -0.15) is 0 Å². The summed E-state index contributed by atoms with van der Waals surface area (Å²) in [7, 11) is -1.59. The molecule has 0 spiro atoms.